The summed E-state index contributed by atoms with van der Waals surface area (Å²) >= 11 is 0. The zero-order chi connectivity index (χ0) is 21.8. The molecule has 1 N–H and O–H groups in total. The molecule has 1 atom stereocenters. The number of rotatable bonds is 5. The lowest BCUT2D eigenvalue weighted by atomic mass is 9.97. The molecule has 1 aliphatic heterocycles. The van der Waals surface area contributed by atoms with Gasteiger partial charge in [-0.1, -0.05) is 30.3 Å². The highest BCUT2D eigenvalue weighted by Gasteiger charge is 2.31. The zero-order valence-corrected chi connectivity index (χ0v) is 17.8. The van der Waals surface area contributed by atoms with Crippen LogP contribution in [0.5, 0.6) is 0 Å². The van der Waals surface area contributed by atoms with Crippen molar-refractivity contribution < 1.29 is 19.1 Å². The van der Waals surface area contributed by atoms with Crippen molar-refractivity contribution in [3.63, 3.8) is 0 Å². The fourth-order valence-electron chi connectivity index (χ4n) is 4.33. The Labute approximate surface area is 182 Å². The highest BCUT2D eigenvalue weighted by atomic mass is 16.5. The van der Waals surface area contributed by atoms with E-state index < -0.39 is 6.10 Å². The number of ether oxygens (including phenoxy) is 1. The van der Waals surface area contributed by atoms with E-state index in [4.69, 9.17) is 4.74 Å². The average Bonchev–Trinajstić information content (AvgIpc) is 3.27. The molecule has 2 aromatic rings. The van der Waals surface area contributed by atoms with Gasteiger partial charge >= 0.3 is 12.0 Å². The van der Waals surface area contributed by atoms with Crippen molar-refractivity contribution in [2.75, 3.05) is 18.4 Å². The van der Waals surface area contributed by atoms with Gasteiger partial charge in [-0.2, -0.15) is 0 Å². The number of aryl methyl sites for hydroxylation is 2. The molecule has 0 aromatic heterocycles. The van der Waals surface area contributed by atoms with Gasteiger partial charge in [0.2, 0.25) is 5.78 Å². The number of amides is 2. The van der Waals surface area contributed by atoms with Crippen molar-refractivity contribution in [2.24, 2.45) is 5.92 Å². The van der Waals surface area contributed by atoms with Crippen LogP contribution in [0.1, 0.15) is 47.7 Å². The second-order valence-electron chi connectivity index (χ2n) is 8.34. The number of nitrogens with zero attached hydrogens (tertiary/aromatic N) is 1. The molecule has 6 nitrogen and oxygen atoms in total. The van der Waals surface area contributed by atoms with Crippen LogP contribution < -0.4 is 5.32 Å². The molecule has 0 saturated carbocycles. The highest BCUT2D eigenvalue weighted by Crippen LogP contribution is 2.24. The quantitative estimate of drug-likeness (QED) is 0.580. The molecule has 1 heterocycles. The fraction of sp³-hybridized carbons (Fsp3) is 0.400. The summed E-state index contributed by atoms with van der Waals surface area (Å²) in [6.45, 7) is 2.59. The Kier molecular flexibility index (Phi) is 6.35. The largest absolute Gasteiger partial charge is 0.454 e. The number of piperidine rings is 1. The third kappa shape index (κ3) is 4.95. The summed E-state index contributed by atoms with van der Waals surface area (Å²) in [4.78, 5) is 39.5. The number of carbonyl (C=O) groups is 3. The number of carbonyl (C=O) groups excluding carboxylic acids is 3. The number of hydrogen-bond donors (Lipinski definition) is 1. The number of urea groups is 1. The van der Waals surface area contributed by atoms with E-state index in [2.05, 4.69) is 5.32 Å². The summed E-state index contributed by atoms with van der Waals surface area (Å²) < 4.78 is 5.51. The normalized spacial score (nSPS) is 17.0. The molecular formula is C25H28N2O4. The standard InChI is InChI=1S/C25H28N2O4/c1-17(23(28)21-11-10-18-6-5-7-20(18)16-21)31-24(29)19-12-14-27(15-13-19)25(30)26-22-8-3-2-4-9-22/h2-4,8-11,16-17,19H,5-7,12-15H2,1H3,(H,26,30). The van der Waals surface area contributed by atoms with E-state index in [0.29, 0.717) is 31.5 Å². The molecule has 0 radical (unpaired) electrons. The molecule has 1 fully saturated rings. The Hall–Kier alpha value is -3.15. The summed E-state index contributed by atoms with van der Waals surface area (Å²) in [5.74, 6) is -0.816. The Morgan fingerprint density at radius 3 is 2.45 bits per heavy atom. The Morgan fingerprint density at radius 2 is 1.71 bits per heavy atom. The summed E-state index contributed by atoms with van der Waals surface area (Å²) in [7, 11) is 0. The van der Waals surface area contributed by atoms with Gasteiger partial charge in [0.05, 0.1) is 5.92 Å². The van der Waals surface area contributed by atoms with Crippen LogP contribution >= 0.6 is 0 Å². The van der Waals surface area contributed by atoms with Crippen molar-refractivity contribution in [2.45, 2.75) is 45.1 Å². The summed E-state index contributed by atoms with van der Waals surface area (Å²) in [6.07, 6.45) is 3.44. The van der Waals surface area contributed by atoms with Crippen molar-refractivity contribution in [1.82, 2.24) is 4.90 Å². The van der Waals surface area contributed by atoms with Crippen LogP contribution in [0, 0.1) is 5.92 Å². The SMILES string of the molecule is CC(OC(=O)C1CCN(C(=O)Nc2ccccc2)CC1)C(=O)c1ccc2c(c1)CCC2. The number of anilines is 1. The molecule has 1 aliphatic carbocycles. The van der Waals surface area contributed by atoms with Crippen LogP contribution in [0.25, 0.3) is 0 Å². The van der Waals surface area contributed by atoms with Crippen LogP contribution in [-0.2, 0) is 22.4 Å². The van der Waals surface area contributed by atoms with Crippen LogP contribution in [0.2, 0.25) is 0 Å². The maximum absolute atomic E-state index is 12.7. The highest BCUT2D eigenvalue weighted by molar-refractivity contribution is 6.00. The van der Waals surface area contributed by atoms with Gasteiger partial charge in [0, 0.05) is 24.3 Å². The van der Waals surface area contributed by atoms with E-state index in [-0.39, 0.29) is 23.7 Å². The molecule has 0 spiro atoms. The first-order chi connectivity index (χ1) is 15.0. The molecule has 1 saturated heterocycles. The van der Waals surface area contributed by atoms with Crippen molar-refractivity contribution in [3.8, 4) is 0 Å². The van der Waals surface area contributed by atoms with Crippen LogP contribution in [-0.4, -0.2) is 41.9 Å². The molecule has 31 heavy (non-hydrogen) atoms. The predicted octanol–water partition coefficient (Wildman–Crippen LogP) is 4.23. The number of hydrogen-bond acceptors (Lipinski definition) is 4. The first-order valence-corrected chi connectivity index (χ1v) is 11.0. The first-order valence-electron chi connectivity index (χ1n) is 11.0. The third-order valence-electron chi connectivity index (χ3n) is 6.19. The van der Waals surface area contributed by atoms with E-state index in [0.717, 1.165) is 24.9 Å². The van der Waals surface area contributed by atoms with Crippen LogP contribution in [0.15, 0.2) is 48.5 Å². The van der Waals surface area contributed by atoms with Gasteiger partial charge in [0.1, 0.15) is 0 Å². The summed E-state index contributed by atoms with van der Waals surface area (Å²) in [5.41, 5.74) is 3.89. The van der Waals surface area contributed by atoms with E-state index in [9.17, 15) is 14.4 Å². The lowest BCUT2D eigenvalue weighted by molar-refractivity contribution is -0.152. The van der Waals surface area contributed by atoms with Gasteiger partial charge in [-0.15, -0.1) is 0 Å². The fourth-order valence-corrected chi connectivity index (χ4v) is 4.33. The average molecular weight is 421 g/mol. The van der Waals surface area contributed by atoms with Gasteiger partial charge in [0.25, 0.3) is 0 Å². The molecule has 2 aliphatic rings. The summed E-state index contributed by atoms with van der Waals surface area (Å²) in [6, 6.07) is 14.9. The molecular weight excluding hydrogens is 392 g/mol. The number of ketones is 1. The number of para-hydroxylation sites is 1. The lowest BCUT2D eigenvalue weighted by Gasteiger charge is -2.31. The minimum Gasteiger partial charge on any atom is -0.454 e. The first kappa shape index (κ1) is 21.1. The molecule has 0 bridgehead atoms. The number of Topliss-reactive ketones (excluding diaryl/α,β-unsaturated/α-hetero) is 1. The van der Waals surface area contributed by atoms with Gasteiger partial charge in [-0.05, 0) is 68.4 Å². The van der Waals surface area contributed by atoms with Crippen LogP contribution in [0.4, 0.5) is 10.5 Å². The number of benzene rings is 2. The minimum absolute atomic E-state index is 0.164. The van der Waals surface area contributed by atoms with E-state index in [1.807, 2.05) is 48.5 Å². The zero-order valence-electron chi connectivity index (χ0n) is 17.8. The topological polar surface area (TPSA) is 75.7 Å². The Morgan fingerprint density at radius 1 is 1.00 bits per heavy atom. The van der Waals surface area contributed by atoms with E-state index in [1.165, 1.54) is 11.1 Å². The summed E-state index contributed by atoms with van der Waals surface area (Å²) in [5, 5.41) is 2.86. The van der Waals surface area contributed by atoms with Gasteiger partial charge in [0.15, 0.2) is 6.10 Å². The number of fused-ring (bicyclic) bond motifs is 1. The van der Waals surface area contributed by atoms with Gasteiger partial charge in [-0.3, -0.25) is 9.59 Å². The molecule has 2 amide bonds. The van der Waals surface area contributed by atoms with Crippen LogP contribution in [0.3, 0.4) is 0 Å². The lowest BCUT2D eigenvalue weighted by Crippen LogP contribution is -2.43. The Balaban J connectivity index is 1.26. The molecule has 162 valence electrons. The maximum atomic E-state index is 12.7. The third-order valence-corrected chi connectivity index (χ3v) is 6.19. The number of nitrogens with one attached hydrogen (secondary N) is 1. The van der Waals surface area contributed by atoms with Crippen molar-refractivity contribution >= 4 is 23.5 Å². The second-order valence-corrected chi connectivity index (χ2v) is 8.34. The van der Waals surface area contributed by atoms with Crippen molar-refractivity contribution in [1.29, 1.82) is 0 Å². The molecule has 2 aromatic carbocycles. The van der Waals surface area contributed by atoms with Gasteiger partial charge < -0.3 is 15.0 Å². The smallest absolute Gasteiger partial charge is 0.321 e. The van der Waals surface area contributed by atoms with E-state index in [1.54, 1.807) is 11.8 Å². The molecule has 6 heteroatoms. The van der Waals surface area contributed by atoms with Crippen molar-refractivity contribution in [3.05, 3.63) is 65.2 Å². The number of esters is 1. The molecule has 4 rings (SSSR count). The Bertz CT molecular complexity index is 965. The van der Waals surface area contributed by atoms with E-state index >= 15 is 0 Å². The van der Waals surface area contributed by atoms with Gasteiger partial charge in [-0.25, -0.2) is 4.79 Å². The minimum atomic E-state index is -0.814. The monoisotopic (exact) mass is 420 g/mol. The number of likely N-dealkylation sites (tertiary alicyclic amines) is 1. The second kappa shape index (κ2) is 9.33. The predicted molar refractivity (Wildman–Crippen MR) is 118 cm³/mol. The maximum Gasteiger partial charge on any atom is 0.321 e. The molecule has 1 unspecified atom stereocenters.